The minimum atomic E-state index is -1.89. The highest BCUT2D eigenvalue weighted by Crippen LogP contribution is 2.34. The van der Waals surface area contributed by atoms with Crippen LogP contribution >= 0.6 is 93.4 Å². The number of halogens is 7. The Kier molecular flexibility index (Phi) is 8.58. The maximum absolute atomic E-state index is 11.4. The summed E-state index contributed by atoms with van der Waals surface area (Å²) in [5.74, 6) is -0.866. The van der Waals surface area contributed by atoms with Gasteiger partial charge in [-0.25, -0.2) is 0 Å². The SMILES string of the molecule is O=C(CCl)N[C@@H](NC(=S)Nc1c(Cl)cc(Cl)cc1Cl)C(Cl)(Cl)Cl. The molecule has 0 saturated heterocycles. The van der Waals surface area contributed by atoms with Gasteiger partial charge in [-0.3, -0.25) is 4.79 Å². The summed E-state index contributed by atoms with van der Waals surface area (Å²) in [6.45, 7) is 0. The van der Waals surface area contributed by atoms with Crippen LogP contribution in [-0.4, -0.2) is 26.9 Å². The van der Waals surface area contributed by atoms with Gasteiger partial charge in [-0.2, -0.15) is 0 Å². The zero-order valence-electron chi connectivity index (χ0n) is 10.9. The molecule has 0 aliphatic rings. The predicted molar refractivity (Wildman–Crippen MR) is 104 cm³/mol. The van der Waals surface area contributed by atoms with Crippen molar-refractivity contribution in [3.63, 3.8) is 0 Å². The second-order valence-electron chi connectivity index (χ2n) is 4.02. The summed E-state index contributed by atoms with van der Waals surface area (Å²) >= 11 is 45.7. The van der Waals surface area contributed by atoms with E-state index in [1.165, 1.54) is 12.1 Å². The molecule has 0 aromatic heterocycles. The number of carbonyl (C=O) groups excluding carboxylic acids is 1. The van der Waals surface area contributed by atoms with Crippen LogP contribution in [0.3, 0.4) is 0 Å². The summed E-state index contributed by atoms with van der Waals surface area (Å²) in [6, 6.07) is 2.95. The lowest BCUT2D eigenvalue weighted by atomic mass is 10.3. The molecule has 1 aromatic rings. The van der Waals surface area contributed by atoms with E-state index in [0.717, 1.165) is 0 Å². The smallest absolute Gasteiger partial charge is 0.236 e. The van der Waals surface area contributed by atoms with E-state index in [1.54, 1.807) is 0 Å². The van der Waals surface area contributed by atoms with E-state index in [9.17, 15) is 4.79 Å². The van der Waals surface area contributed by atoms with Crippen molar-refractivity contribution in [3.8, 4) is 0 Å². The van der Waals surface area contributed by atoms with Crippen molar-refractivity contribution in [2.24, 2.45) is 0 Å². The molecule has 0 spiro atoms. The Hall–Kier alpha value is 0.410. The standard InChI is InChI=1S/C11H8Cl7N3OS/c12-3-7(22)19-9(11(16,17)18)21-10(23)20-8-5(14)1-4(13)2-6(8)15/h1-2,9H,3H2,(H,19,22)(H2,20,21,23)/t9-/m0/s1. The number of alkyl halides is 4. The summed E-state index contributed by atoms with van der Waals surface area (Å²) in [6.07, 6.45) is -1.14. The number of nitrogens with one attached hydrogen (secondary N) is 3. The van der Waals surface area contributed by atoms with Crippen LogP contribution in [0.15, 0.2) is 12.1 Å². The first-order valence-electron chi connectivity index (χ1n) is 5.68. The summed E-state index contributed by atoms with van der Waals surface area (Å²) in [4.78, 5) is 11.4. The molecule has 23 heavy (non-hydrogen) atoms. The summed E-state index contributed by atoms with van der Waals surface area (Å²) < 4.78 is -1.89. The molecule has 3 N–H and O–H groups in total. The summed E-state index contributed by atoms with van der Waals surface area (Å²) in [5, 5.41) is 8.57. The van der Waals surface area contributed by atoms with Crippen molar-refractivity contribution >= 4 is 110 Å². The van der Waals surface area contributed by atoms with Crippen molar-refractivity contribution in [1.29, 1.82) is 0 Å². The Bertz CT molecular complexity index is 585. The van der Waals surface area contributed by atoms with Gasteiger partial charge in [0.1, 0.15) is 12.0 Å². The molecule has 0 heterocycles. The summed E-state index contributed by atoms with van der Waals surface area (Å²) in [5.41, 5.74) is 0.307. The van der Waals surface area contributed by atoms with Gasteiger partial charge in [0.2, 0.25) is 9.70 Å². The Labute approximate surface area is 173 Å². The highest BCUT2D eigenvalue weighted by Gasteiger charge is 2.34. The summed E-state index contributed by atoms with van der Waals surface area (Å²) in [7, 11) is 0. The first-order valence-corrected chi connectivity index (χ1v) is 8.89. The van der Waals surface area contributed by atoms with Crippen molar-refractivity contribution in [1.82, 2.24) is 10.6 Å². The zero-order chi connectivity index (χ0) is 17.8. The van der Waals surface area contributed by atoms with Crippen LogP contribution in [0.25, 0.3) is 0 Å². The largest absolute Gasteiger partial charge is 0.339 e. The van der Waals surface area contributed by atoms with E-state index in [-0.39, 0.29) is 21.0 Å². The molecule has 0 unspecified atom stereocenters. The maximum atomic E-state index is 11.4. The first kappa shape index (κ1) is 21.5. The topological polar surface area (TPSA) is 53.2 Å². The van der Waals surface area contributed by atoms with Gasteiger partial charge in [0.15, 0.2) is 5.11 Å². The molecule has 1 atom stereocenters. The highest BCUT2D eigenvalue weighted by molar-refractivity contribution is 7.80. The maximum Gasteiger partial charge on any atom is 0.236 e. The van der Waals surface area contributed by atoms with Gasteiger partial charge in [-0.05, 0) is 24.4 Å². The minimum absolute atomic E-state index is 0.00215. The Morgan fingerprint density at radius 1 is 1.13 bits per heavy atom. The van der Waals surface area contributed by atoms with E-state index in [4.69, 9.17) is 93.4 Å². The third kappa shape index (κ3) is 7.04. The molecule has 0 saturated carbocycles. The van der Waals surface area contributed by atoms with Crippen molar-refractivity contribution in [2.75, 3.05) is 11.2 Å². The Balaban J connectivity index is 2.86. The first-order chi connectivity index (χ1) is 10.5. The normalized spacial score (nSPS) is 12.5. The molecule has 12 heteroatoms. The molecule has 0 fully saturated rings. The van der Waals surface area contributed by atoms with Gasteiger partial charge >= 0.3 is 0 Å². The van der Waals surface area contributed by atoms with Gasteiger partial charge in [0.05, 0.1) is 15.7 Å². The molecule has 0 aliphatic heterocycles. The van der Waals surface area contributed by atoms with E-state index in [1.807, 2.05) is 0 Å². The minimum Gasteiger partial charge on any atom is -0.339 e. The average Bonchev–Trinajstić information content (AvgIpc) is 2.40. The highest BCUT2D eigenvalue weighted by atomic mass is 35.6. The van der Waals surface area contributed by atoms with Gasteiger partial charge < -0.3 is 16.0 Å². The predicted octanol–water partition coefficient (Wildman–Crippen LogP) is 4.98. The number of hydrogen-bond donors (Lipinski definition) is 3. The molecular weight excluding hydrogens is 470 g/mol. The second-order valence-corrected chi connectivity index (χ2v) is 8.31. The number of rotatable bonds is 4. The lowest BCUT2D eigenvalue weighted by Crippen LogP contribution is -2.56. The van der Waals surface area contributed by atoms with Gasteiger partial charge in [0.25, 0.3) is 0 Å². The second kappa shape index (κ2) is 9.20. The molecule has 4 nitrogen and oxygen atoms in total. The Morgan fingerprint density at radius 3 is 2.09 bits per heavy atom. The molecule has 0 bridgehead atoms. The molecule has 128 valence electrons. The van der Waals surface area contributed by atoms with Crippen LogP contribution in [0.1, 0.15) is 0 Å². The van der Waals surface area contributed by atoms with Crippen molar-refractivity contribution < 1.29 is 4.79 Å². The monoisotopic (exact) mass is 475 g/mol. The molecule has 1 rings (SSSR count). The fraction of sp³-hybridized carbons (Fsp3) is 0.273. The van der Waals surface area contributed by atoms with Crippen LogP contribution in [0.2, 0.25) is 15.1 Å². The van der Waals surface area contributed by atoms with Gasteiger partial charge in [-0.1, -0.05) is 69.6 Å². The fourth-order valence-electron chi connectivity index (χ4n) is 1.34. The van der Waals surface area contributed by atoms with E-state index >= 15 is 0 Å². The zero-order valence-corrected chi connectivity index (χ0v) is 17.0. The van der Waals surface area contributed by atoms with Gasteiger partial charge in [0, 0.05) is 5.02 Å². The lowest BCUT2D eigenvalue weighted by Gasteiger charge is -2.27. The number of amides is 1. The number of thiocarbonyl (C=S) groups is 1. The average molecular weight is 478 g/mol. The number of benzene rings is 1. The van der Waals surface area contributed by atoms with Crippen LogP contribution < -0.4 is 16.0 Å². The number of hydrogen-bond acceptors (Lipinski definition) is 2. The quantitative estimate of drug-likeness (QED) is 0.325. The van der Waals surface area contributed by atoms with E-state index in [0.29, 0.717) is 10.7 Å². The number of carbonyl (C=O) groups is 1. The van der Waals surface area contributed by atoms with Crippen LogP contribution in [0.5, 0.6) is 0 Å². The lowest BCUT2D eigenvalue weighted by molar-refractivity contribution is -0.119. The molecule has 1 aromatic carbocycles. The van der Waals surface area contributed by atoms with Gasteiger partial charge in [-0.15, -0.1) is 11.6 Å². The molecule has 0 radical (unpaired) electrons. The van der Waals surface area contributed by atoms with Crippen LogP contribution in [-0.2, 0) is 4.79 Å². The molecule has 1 amide bonds. The van der Waals surface area contributed by atoms with Crippen LogP contribution in [0.4, 0.5) is 5.69 Å². The third-order valence-corrected chi connectivity index (χ3v) is 4.21. The Morgan fingerprint density at radius 2 is 1.65 bits per heavy atom. The number of anilines is 1. The van der Waals surface area contributed by atoms with E-state index < -0.39 is 15.9 Å². The fourth-order valence-corrected chi connectivity index (χ4v) is 2.88. The van der Waals surface area contributed by atoms with Crippen molar-refractivity contribution in [3.05, 3.63) is 27.2 Å². The van der Waals surface area contributed by atoms with E-state index in [2.05, 4.69) is 16.0 Å². The van der Waals surface area contributed by atoms with Crippen molar-refractivity contribution in [2.45, 2.75) is 9.96 Å². The molecule has 0 aliphatic carbocycles. The van der Waals surface area contributed by atoms with Crippen LogP contribution in [0, 0.1) is 0 Å². The molecular formula is C11H8Cl7N3OS. The third-order valence-electron chi connectivity index (χ3n) is 2.27.